The number of ether oxygens (including phenoxy) is 1. The van der Waals surface area contributed by atoms with Crippen molar-refractivity contribution >= 4 is 5.91 Å². The first-order valence-electron chi connectivity index (χ1n) is 11.7. The van der Waals surface area contributed by atoms with Gasteiger partial charge in [0.1, 0.15) is 11.6 Å². The Morgan fingerprint density at radius 1 is 1.15 bits per heavy atom. The summed E-state index contributed by atoms with van der Waals surface area (Å²) in [7, 11) is 0. The molecule has 0 radical (unpaired) electrons. The van der Waals surface area contributed by atoms with E-state index in [1.807, 2.05) is 57.3 Å². The highest BCUT2D eigenvalue weighted by Crippen LogP contribution is 2.38. The molecule has 7 nitrogen and oxygen atoms in total. The number of nitrogens with one attached hydrogen (secondary N) is 1. The number of carbonyl (C=O) groups is 1. The molecule has 33 heavy (non-hydrogen) atoms. The normalized spacial score (nSPS) is 19.2. The molecular weight excluding hydrogens is 416 g/mol. The standard InChI is InChI=1S/C26H32N4O3/c1-16-5-11-22(12-6-16)32-18(3)26(31)28-14-20-7-9-21(10-8-20)25-23(15-27-19(4)29-25)24-13-17(2)30-33-24/h5-6,11-13,15,18,20-21H,7-10,14H2,1-4H3,(H,28,31)/t18-,20?,21?/m1/s1. The van der Waals surface area contributed by atoms with E-state index < -0.39 is 6.10 Å². The van der Waals surface area contributed by atoms with E-state index in [2.05, 4.69) is 15.5 Å². The molecule has 1 atom stereocenters. The average Bonchev–Trinajstić information content (AvgIpc) is 3.25. The molecule has 4 rings (SSSR count). The fourth-order valence-electron chi connectivity index (χ4n) is 4.38. The van der Waals surface area contributed by atoms with Crippen LogP contribution in [0.1, 0.15) is 61.3 Å². The van der Waals surface area contributed by atoms with Crippen LogP contribution in [0.4, 0.5) is 0 Å². The number of aromatic nitrogens is 3. The van der Waals surface area contributed by atoms with E-state index in [-0.39, 0.29) is 5.91 Å². The Hall–Kier alpha value is -3.22. The maximum Gasteiger partial charge on any atom is 0.260 e. The molecule has 174 valence electrons. The van der Waals surface area contributed by atoms with Crippen molar-refractivity contribution in [1.29, 1.82) is 0 Å². The molecule has 0 bridgehead atoms. The highest BCUT2D eigenvalue weighted by atomic mass is 16.5. The summed E-state index contributed by atoms with van der Waals surface area (Å²) in [6.07, 6.45) is 5.44. The van der Waals surface area contributed by atoms with E-state index in [0.717, 1.165) is 59.8 Å². The van der Waals surface area contributed by atoms with Crippen LogP contribution in [0, 0.1) is 26.7 Å². The molecule has 0 unspecified atom stereocenters. The lowest BCUT2D eigenvalue weighted by Gasteiger charge is -2.29. The van der Waals surface area contributed by atoms with Crippen LogP contribution in [0.5, 0.6) is 5.75 Å². The van der Waals surface area contributed by atoms with Crippen molar-refractivity contribution in [3.63, 3.8) is 0 Å². The van der Waals surface area contributed by atoms with Gasteiger partial charge >= 0.3 is 0 Å². The lowest BCUT2D eigenvalue weighted by atomic mass is 9.79. The molecular formula is C26H32N4O3. The number of hydrogen-bond acceptors (Lipinski definition) is 6. The summed E-state index contributed by atoms with van der Waals surface area (Å²) in [6, 6.07) is 9.67. The van der Waals surface area contributed by atoms with Crippen LogP contribution in [0.25, 0.3) is 11.3 Å². The van der Waals surface area contributed by atoms with Crippen LogP contribution in [0.3, 0.4) is 0 Å². The van der Waals surface area contributed by atoms with E-state index in [0.29, 0.717) is 24.1 Å². The molecule has 0 saturated heterocycles. The van der Waals surface area contributed by atoms with Gasteiger partial charge in [0.15, 0.2) is 11.9 Å². The quantitative estimate of drug-likeness (QED) is 0.552. The van der Waals surface area contributed by atoms with Crippen LogP contribution >= 0.6 is 0 Å². The number of nitrogens with zero attached hydrogens (tertiary/aromatic N) is 3. The Morgan fingerprint density at radius 3 is 2.55 bits per heavy atom. The van der Waals surface area contributed by atoms with Gasteiger partial charge in [-0.2, -0.15) is 0 Å². The minimum Gasteiger partial charge on any atom is -0.481 e. The first-order chi connectivity index (χ1) is 15.9. The lowest BCUT2D eigenvalue weighted by molar-refractivity contribution is -0.127. The molecule has 1 aromatic carbocycles. The summed E-state index contributed by atoms with van der Waals surface area (Å²) in [6.45, 7) is 8.31. The second-order valence-corrected chi connectivity index (χ2v) is 9.08. The first-order valence-corrected chi connectivity index (χ1v) is 11.7. The van der Waals surface area contributed by atoms with Crippen molar-refractivity contribution in [2.75, 3.05) is 6.54 Å². The molecule has 1 fully saturated rings. The van der Waals surface area contributed by atoms with Gasteiger partial charge < -0.3 is 14.6 Å². The summed E-state index contributed by atoms with van der Waals surface area (Å²) in [5.74, 6) is 2.92. The second kappa shape index (κ2) is 10.1. The lowest BCUT2D eigenvalue weighted by Crippen LogP contribution is -2.39. The largest absolute Gasteiger partial charge is 0.481 e. The molecule has 0 spiro atoms. The van der Waals surface area contributed by atoms with Crippen molar-refractivity contribution in [3.05, 3.63) is 59.3 Å². The highest BCUT2D eigenvalue weighted by Gasteiger charge is 2.27. The zero-order chi connectivity index (χ0) is 23.4. The predicted molar refractivity (Wildman–Crippen MR) is 126 cm³/mol. The third-order valence-electron chi connectivity index (χ3n) is 6.33. The van der Waals surface area contributed by atoms with E-state index in [9.17, 15) is 4.79 Å². The monoisotopic (exact) mass is 448 g/mol. The smallest absolute Gasteiger partial charge is 0.260 e. The van der Waals surface area contributed by atoms with Gasteiger partial charge in [-0.25, -0.2) is 9.97 Å². The second-order valence-electron chi connectivity index (χ2n) is 9.08. The Labute approximate surface area is 195 Å². The fraction of sp³-hybridized carbons (Fsp3) is 0.462. The number of aryl methyl sites for hydroxylation is 3. The number of amides is 1. The number of rotatable bonds is 7. The van der Waals surface area contributed by atoms with E-state index in [1.165, 1.54) is 0 Å². The van der Waals surface area contributed by atoms with Crippen molar-refractivity contribution in [1.82, 2.24) is 20.4 Å². The molecule has 7 heteroatoms. The van der Waals surface area contributed by atoms with Gasteiger partial charge in [-0.3, -0.25) is 4.79 Å². The summed E-state index contributed by atoms with van der Waals surface area (Å²) in [5.41, 5.74) is 3.98. The van der Waals surface area contributed by atoms with E-state index >= 15 is 0 Å². The molecule has 1 N–H and O–H groups in total. The predicted octanol–water partition coefficient (Wildman–Crippen LogP) is 4.91. The third-order valence-corrected chi connectivity index (χ3v) is 6.33. The van der Waals surface area contributed by atoms with Crippen molar-refractivity contribution < 1.29 is 14.1 Å². The van der Waals surface area contributed by atoms with Crippen LogP contribution in [-0.2, 0) is 4.79 Å². The van der Waals surface area contributed by atoms with Gasteiger partial charge in [0.2, 0.25) is 0 Å². The summed E-state index contributed by atoms with van der Waals surface area (Å²) in [4.78, 5) is 21.7. The molecule has 2 aromatic heterocycles. The van der Waals surface area contributed by atoms with E-state index in [1.54, 1.807) is 6.92 Å². The average molecular weight is 449 g/mol. The van der Waals surface area contributed by atoms with Gasteiger partial charge in [0, 0.05) is 24.7 Å². The minimum absolute atomic E-state index is 0.0768. The molecule has 1 aliphatic carbocycles. The van der Waals surface area contributed by atoms with Crippen molar-refractivity contribution in [2.45, 2.75) is 65.4 Å². The maximum absolute atomic E-state index is 12.5. The number of benzene rings is 1. The number of hydrogen-bond donors (Lipinski definition) is 1. The molecule has 3 aromatic rings. The van der Waals surface area contributed by atoms with Crippen LogP contribution < -0.4 is 10.1 Å². The molecule has 1 amide bonds. The number of carbonyl (C=O) groups excluding carboxylic acids is 1. The Bertz CT molecular complexity index is 1090. The van der Waals surface area contributed by atoms with E-state index in [4.69, 9.17) is 14.2 Å². The van der Waals surface area contributed by atoms with Crippen LogP contribution in [0.2, 0.25) is 0 Å². The van der Waals surface area contributed by atoms with Crippen LogP contribution in [-0.4, -0.2) is 33.7 Å². The highest BCUT2D eigenvalue weighted by molar-refractivity contribution is 5.80. The Balaban J connectivity index is 1.30. The van der Waals surface area contributed by atoms with Gasteiger partial charge in [-0.1, -0.05) is 22.9 Å². The molecule has 2 heterocycles. The summed E-state index contributed by atoms with van der Waals surface area (Å²) in [5, 5.41) is 7.09. The maximum atomic E-state index is 12.5. The summed E-state index contributed by atoms with van der Waals surface area (Å²) >= 11 is 0. The van der Waals surface area contributed by atoms with Gasteiger partial charge in [-0.15, -0.1) is 0 Å². The Kier molecular flexibility index (Phi) is 7.06. The SMILES string of the molecule is Cc1ccc(O[C@H](C)C(=O)NCC2CCC(c3nc(C)ncc3-c3cc(C)no3)CC2)cc1. The van der Waals surface area contributed by atoms with Gasteiger partial charge in [0.05, 0.1) is 17.0 Å². The van der Waals surface area contributed by atoms with Gasteiger partial charge in [-0.05, 0) is 71.4 Å². The molecule has 0 aliphatic heterocycles. The Morgan fingerprint density at radius 2 is 1.88 bits per heavy atom. The topological polar surface area (TPSA) is 90.1 Å². The van der Waals surface area contributed by atoms with Crippen LogP contribution in [0.15, 0.2) is 41.1 Å². The first kappa shape index (κ1) is 23.0. The van der Waals surface area contributed by atoms with Crippen molar-refractivity contribution in [3.8, 4) is 17.1 Å². The van der Waals surface area contributed by atoms with Crippen molar-refractivity contribution in [2.24, 2.45) is 5.92 Å². The molecule has 1 aliphatic rings. The zero-order valence-electron chi connectivity index (χ0n) is 19.8. The zero-order valence-corrected chi connectivity index (χ0v) is 19.8. The minimum atomic E-state index is -0.527. The van der Waals surface area contributed by atoms with Gasteiger partial charge in [0.25, 0.3) is 5.91 Å². The third kappa shape index (κ3) is 5.78. The fourth-order valence-corrected chi connectivity index (χ4v) is 4.38. The molecule has 1 saturated carbocycles. The summed E-state index contributed by atoms with van der Waals surface area (Å²) < 4.78 is 11.3.